The van der Waals surface area contributed by atoms with E-state index in [1.165, 1.54) is 17.3 Å². The number of nitrogens with zero attached hydrogens (tertiary/aromatic N) is 2. The molecular formula is C23H26N2O4S2. The van der Waals surface area contributed by atoms with Crippen LogP contribution in [0, 0.1) is 0 Å². The Morgan fingerprint density at radius 1 is 1.13 bits per heavy atom. The Morgan fingerprint density at radius 2 is 1.84 bits per heavy atom. The predicted molar refractivity (Wildman–Crippen MR) is 125 cm³/mol. The molecule has 2 atom stereocenters. The summed E-state index contributed by atoms with van der Waals surface area (Å²) in [5.74, 6) is 0.347. The molecule has 2 aliphatic heterocycles. The van der Waals surface area contributed by atoms with Crippen LogP contribution >= 0.6 is 11.8 Å². The van der Waals surface area contributed by atoms with Gasteiger partial charge in [0, 0.05) is 5.69 Å². The monoisotopic (exact) mass is 458 g/mol. The highest BCUT2D eigenvalue weighted by atomic mass is 32.2. The summed E-state index contributed by atoms with van der Waals surface area (Å²) in [5, 5.41) is 0.679. The number of amidine groups is 1. The Morgan fingerprint density at radius 3 is 2.52 bits per heavy atom. The summed E-state index contributed by atoms with van der Waals surface area (Å²) in [6.45, 7) is 4.50. The van der Waals surface area contributed by atoms with Crippen LogP contribution in [0.15, 0.2) is 59.6 Å². The van der Waals surface area contributed by atoms with Gasteiger partial charge in [-0.15, -0.1) is 0 Å². The van der Waals surface area contributed by atoms with Gasteiger partial charge < -0.3 is 9.64 Å². The smallest absolute Gasteiger partial charge is 0.316 e. The normalized spacial score (nSPS) is 21.8. The van der Waals surface area contributed by atoms with E-state index in [0.29, 0.717) is 11.1 Å². The van der Waals surface area contributed by atoms with Crippen LogP contribution in [0.25, 0.3) is 0 Å². The first-order chi connectivity index (χ1) is 14.8. The first-order valence-corrected chi connectivity index (χ1v) is 13.1. The second kappa shape index (κ2) is 9.04. The van der Waals surface area contributed by atoms with Crippen molar-refractivity contribution in [3.63, 3.8) is 0 Å². The summed E-state index contributed by atoms with van der Waals surface area (Å²) in [6.07, 6.45) is 0. The van der Waals surface area contributed by atoms with Gasteiger partial charge in [-0.05, 0) is 29.2 Å². The van der Waals surface area contributed by atoms with E-state index >= 15 is 0 Å². The predicted octanol–water partition coefficient (Wildman–Crippen LogP) is 3.63. The summed E-state index contributed by atoms with van der Waals surface area (Å²) in [5.41, 5.74) is 3.05. The Kier molecular flexibility index (Phi) is 6.39. The fourth-order valence-corrected chi connectivity index (χ4v) is 6.62. The number of hydrogen-bond donors (Lipinski definition) is 0. The zero-order chi connectivity index (χ0) is 22.0. The molecule has 0 aromatic heterocycles. The van der Waals surface area contributed by atoms with Gasteiger partial charge in [0.05, 0.1) is 29.3 Å². The fourth-order valence-electron chi connectivity index (χ4n) is 3.86. The zero-order valence-corrected chi connectivity index (χ0v) is 19.2. The van der Waals surface area contributed by atoms with Crippen molar-refractivity contribution in [1.82, 2.24) is 0 Å². The number of carbonyl (C=O) groups is 1. The van der Waals surface area contributed by atoms with Gasteiger partial charge in [0.15, 0.2) is 15.0 Å². The maximum absolute atomic E-state index is 12.3. The van der Waals surface area contributed by atoms with Crippen molar-refractivity contribution < 1.29 is 17.9 Å². The van der Waals surface area contributed by atoms with Crippen LogP contribution in [-0.2, 0) is 26.0 Å². The van der Waals surface area contributed by atoms with Crippen molar-refractivity contribution in [2.45, 2.75) is 38.5 Å². The highest BCUT2D eigenvalue weighted by molar-refractivity contribution is 8.14. The summed E-state index contributed by atoms with van der Waals surface area (Å²) < 4.78 is 29.7. The van der Waals surface area contributed by atoms with E-state index in [1.807, 2.05) is 47.4 Å². The number of thioether (sulfide) groups is 1. The van der Waals surface area contributed by atoms with Crippen LogP contribution < -0.4 is 4.90 Å². The van der Waals surface area contributed by atoms with Gasteiger partial charge in [-0.2, -0.15) is 0 Å². The topological polar surface area (TPSA) is 76.0 Å². The minimum Gasteiger partial charge on any atom is -0.460 e. The first-order valence-electron chi connectivity index (χ1n) is 10.3. The lowest BCUT2D eigenvalue weighted by Gasteiger charge is -2.26. The molecule has 0 radical (unpaired) electrons. The van der Waals surface area contributed by atoms with Gasteiger partial charge in [0.25, 0.3) is 0 Å². The molecule has 1 saturated heterocycles. The van der Waals surface area contributed by atoms with E-state index in [9.17, 15) is 13.2 Å². The number of benzene rings is 2. The molecule has 164 valence electrons. The van der Waals surface area contributed by atoms with Gasteiger partial charge in [-0.25, -0.2) is 8.42 Å². The molecule has 0 aliphatic carbocycles. The minimum atomic E-state index is -3.11. The molecule has 1 fully saturated rings. The number of sulfone groups is 1. The number of anilines is 1. The van der Waals surface area contributed by atoms with Crippen molar-refractivity contribution in [2.75, 3.05) is 22.2 Å². The van der Waals surface area contributed by atoms with Gasteiger partial charge in [0.2, 0.25) is 0 Å². The third-order valence-corrected chi connectivity index (χ3v) is 8.15. The van der Waals surface area contributed by atoms with E-state index in [4.69, 9.17) is 4.74 Å². The highest BCUT2D eigenvalue weighted by Crippen LogP contribution is 2.35. The summed E-state index contributed by atoms with van der Waals surface area (Å²) in [7, 11) is -3.11. The molecule has 2 aliphatic rings. The Hall–Kier alpha value is -2.32. The Balaban J connectivity index is 1.46. The van der Waals surface area contributed by atoms with Crippen LogP contribution in [0.3, 0.4) is 0 Å². The maximum Gasteiger partial charge on any atom is 0.316 e. The van der Waals surface area contributed by atoms with Crippen LogP contribution in [0.1, 0.15) is 30.9 Å². The molecule has 0 amide bonds. The van der Waals surface area contributed by atoms with E-state index in [1.54, 1.807) is 0 Å². The van der Waals surface area contributed by atoms with Crippen molar-refractivity contribution in [2.24, 2.45) is 4.99 Å². The lowest BCUT2D eigenvalue weighted by Crippen LogP contribution is -2.39. The van der Waals surface area contributed by atoms with Crippen molar-refractivity contribution in [3.05, 3.63) is 65.7 Å². The molecule has 8 heteroatoms. The number of ether oxygens (including phenoxy) is 1. The van der Waals surface area contributed by atoms with Crippen LogP contribution in [0.4, 0.5) is 5.69 Å². The van der Waals surface area contributed by atoms with E-state index in [0.717, 1.165) is 11.3 Å². The first kappa shape index (κ1) is 21.9. The maximum atomic E-state index is 12.3. The number of hydrogen-bond acceptors (Lipinski definition) is 7. The van der Waals surface area contributed by atoms with E-state index in [-0.39, 0.29) is 41.9 Å². The Bertz CT molecular complexity index is 1070. The summed E-state index contributed by atoms with van der Waals surface area (Å²) in [6, 6.07) is 17.2. The molecule has 2 aromatic rings. The third kappa shape index (κ3) is 5.13. The highest BCUT2D eigenvalue weighted by Gasteiger charge is 2.47. The van der Waals surface area contributed by atoms with E-state index in [2.05, 4.69) is 31.0 Å². The molecule has 31 heavy (non-hydrogen) atoms. The molecule has 0 spiro atoms. The van der Waals surface area contributed by atoms with Crippen molar-refractivity contribution in [1.29, 1.82) is 0 Å². The number of esters is 1. The molecule has 4 rings (SSSR count). The standard InChI is InChI=1S/C23H26N2O4S2/c1-16(2)18-8-10-19(11-9-18)25-21-15-31(27,28)14-20(21)24-23(25)30-13-22(26)29-12-17-6-4-3-5-7-17/h3-11,16,20-21H,12-15H2,1-2H3/t20-,21-/m1/s1. The van der Waals surface area contributed by atoms with Gasteiger partial charge >= 0.3 is 5.97 Å². The summed E-state index contributed by atoms with van der Waals surface area (Å²) in [4.78, 5) is 18.9. The number of aliphatic imine (C=N–C) groups is 1. The van der Waals surface area contributed by atoms with Gasteiger partial charge in [-0.1, -0.05) is 68.1 Å². The van der Waals surface area contributed by atoms with Crippen LogP contribution in [0.5, 0.6) is 0 Å². The second-order valence-electron chi connectivity index (χ2n) is 8.17. The molecular weight excluding hydrogens is 432 g/mol. The van der Waals surface area contributed by atoms with Gasteiger partial charge in [-0.3, -0.25) is 9.79 Å². The number of carbonyl (C=O) groups excluding carboxylic acids is 1. The van der Waals surface area contributed by atoms with Crippen LogP contribution in [-0.4, -0.2) is 48.9 Å². The minimum absolute atomic E-state index is 0.0563. The van der Waals surface area contributed by atoms with Gasteiger partial charge in [0.1, 0.15) is 6.61 Å². The third-order valence-electron chi connectivity index (χ3n) is 5.51. The molecule has 0 N–H and O–H groups in total. The molecule has 0 saturated carbocycles. The fraction of sp³-hybridized carbons (Fsp3) is 0.391. The molecule has 2 aromatic carbocycles. The molecule has 2 heterocycles. The quantitative estimate of drug-likeness (QED) is 0.616. The zero-order valence-electron chi connectivity index (χ0n) is 17.6. The number of rotatable bonds is 6. The van der Waals surface area contributed by atoms with Crippen molar-refractivity contribution in [3.8, 4) is 0 Å². The largest absolute Gasteiger partial charge is 0.460 e. The number of fused-ring (bicyclic) bond motifs is 1. The molecule has 0 bridgehead atoms. The van der Waals surface area contributed by atoms with E-state index < -0.39 is 9.84 Å². The molecule has 6 nitrogen and oxygen atoms in total. The SMILES string of the molecule is CC(C)c1ccc(N2C(SCC(=O)OCc3ccccc3)=N[C@@H]3CS(=O)(=O)C[C@H]32)cc1. The lowest BCUT2D eigenvalue weighted by molar-refractivity contribution is -0.141. The average molecular weight is 459 g/mol. The van der Waals surface area contributed by atoms with Crippen LogP contribution in [0.2, 0.25) is 0 Å². The van der Waals surface area contributed by atoms with Crippen molar-refractivity contribution >= 4 is 38.4 Å². The molecule has 0 unspecified atom stereocenters. The average Bonchev–Trinajstić information content (AvgIpc) is 3.22. The Labute approximate surface area is 187 Å². The summed E-state index contributed by atoms with van der Waals surface area (Å²) >= 11 is 1.30. The second-order valence-corrected chi connectivity index (χ2v) is 11.3. The lowest BCUT2D eigenvalue weighted by atomic mass is 10.0.